The van der Waals surface area contributed by atoms with Crippen molar-refractivity contribution in [1.29, 1.82) is 0 Å². The Hall–Kier alpha value is -0.730. The first-order chi connectivity index (χ1) is 5.18. The molecule has 2 nitrogen and oxygen atoms in total. The molecule has 0 aliphatic rings. The quantitative estimate of drug-likeness (QED) is 0.765. The van der Waals surface area contributed by atoms with Crippen LogP contribution in [0.25, 0.3) is 0 Å². The summed E-state index contributed by atoms with van der Waals surface area (Å²) in [5.74, 6) is 0.326. The molecule has 0 heterocycles. The van der Waals surface area contributed by atoms with Crippen LogP contribution in [0.5, 0.6) is 5.75 Å². The molecule has 0 bridgehead atoms. The fourth-order valence-electron chi connectivity index (χ4n) is 0.967. The smallest absolute Gasteiger partial charge is 0.115 e. The Labute approximate surface area is 79.2 Å². The Balaban J connectivity index is 0.00000121. The van der Waals surface area contributed by atoms with Crippen LogP contribution < -0.4 is 0 Å². The largest absolute Gasteiger partial charge is 0.508 e. The lowest BCUT2D eigenvalue weighted by molar-refractivity contribution is 0.402. The lowest BCUT2D eigenvalue weighted by Crippen LogP contribution is -2.10. The molecule has 0 aromatic heterocycles. The zero-order valence-corrected chi connectivity index (χ0v) is 8.14. The summed E-state index contributed by atoms with van der Waals surface area (Å²) in [5.41, 5.74) is 1.22. The number of hydrogen-bond donors (Lipinski definition) is 1. The average molecular weight is 188 g/mol. The predicted molar refractivity (Wildman–Crippen MR) is 52.7 cm³/mol. The number of benzene rings is 1. The van der Waals surface area contributed by atoms with Gasteiger partial charge in [0.05, 0.1) is 0 Å². The maximum atomic E-state index is 8.98. The maximum Gasteiger partial charge on any atom is 0.115 e. The minimum absolute atomic E-state index is 0. The van der Waals surface area contributed by atoms with Crippen molar-refractivity contribution >= 4 is 12.4 Å². The van der Waals surface area contributed by atoms with E-state index in [1.807, 2.05) is 26.2 Å². The average Bonchev–Trinajstić information content (AvgIpc) is 1.93. The highest BCUT2D eigenvalue weighted by molar-refractivity contribution is 5.85. The van der Waals surface area contributed by atoms with Gasteiger partial charge in [0.1, 0.15) is 5.75 Å². The van der Waals surface area contributed by atoms with Gasteiger partial charge in [-0.25, -0.2) is 0 Å². The van der Waals surface area contributed by atoms with Crippen molar-refractivity contribution in [2.45, 2.75) is 6.54 Å². The minimum Gasteiger partial charge on any atom is -0.508 e. The van der Waals surface area contributed by atoms with Gasteiger partial charge >= 0.3 is 0 Å². The normalized spacial score (nSPS) is 9.58. The van der Waals surface area contributed by atoms with Gasteiger partial charge in [0, 0.05) is 6.54 Å². The molecule has 0 radical (unpaired) electrons. The fourth-order valence-corrected chi connectivity index (χ4v) is 0.967. The number of hydrogen-bond acceptors (Lipinski definition) is 2. The molecule has 0 aliphatic carbocycles. The number of rotatable bonds is 2. The van der Waals surface area contributed by atoms with Gasteiger partial charge in [-0.05, 0) is 31.8 Å². The number of nitrogens with zero attached hydrogens (tertiary/aromatic N) is 1. The molecular formula is C9H14ClNO. The molecule has 0 amide bonds. The van der Waals surface area contributed by atoms with E-state index in [1.54, 1.807) is 12.1 Å². The highest BCUT2D eigenvalue weighted by Gasteiger charge is 1.93. The summed E-state index contributed by atoms with van der Waals surface area (Å²) in [5, 5.41) is 8.98. The molecule has 3 heteroatoms. The monoisotopic (exact) mass is 187 g/mol. The van der Waals surface area contributed by atoms with Crippen molar-refractivity contribution in [1.82, 2.24) is 4.90 Å². The zero-order chi connectivity index (χ0) is 8.27. The fraction of sp³-hybridized carbons (Fsp3) is 0.333. The van der Waals surface area contributed by atoms with E-state index in [0.29, 0.717) is 5.75 Å². The van der Waals surface area contributed by atoms with Crippen molar-refractivity contribution in [3.8, 4) is 5.75 Å². The number of halogens is 1. The molecule has 1 N–H and O–H groups in total. The topological polar surface area (TPSA) is 23.5 Å². The Morgan fingerprint density at radius 3 is 2.08 bits per heavy atom. The van der Waals surface area contributed by atoms with Crippen LogP contribution in [-0.4, -0.2) is 24.1 Å². The molecule has 0 spiro atoms. The van der Waals surface area contributed by atoms with Gasteiger partial charge in [-0.1, -0.05) is 12.1 Å². The van der Waals surface area contributed by atoms with Crippen molar-refractivity contribution < 1.29 is 5.11 Å². The molecule has 68 valence electrons. The molecular weight excluding hydrogens is 174 g/mol. The van der Waals surface area contributed by atoms with Crippen LogP contribution in [0.3, 0.4) is 0 Å². The third kappa shape index (κ3) is 3.60. The van der Waals surface area contributed by atoms with Gasteiger partial charge in [0.25, 0.3) is 0 Å². The van der Waals surface area contributed by atoms with E-state index in [-0.39, 0.29) is 12.4 Å². The van der Waals surface area contributed by atoms with Gasteiger partial charge in [-0.15, -0.1) is 12.4 Å². The summed E-state index contributed by atoms with van der Waals surface area (Å²) in [6.45, 7) is 0.917. The van der Waals surface area contributed by atoms with E-state index >= 15 is 0 Å². The van der Waals surface area contributed by atoms with Crippen LogP contribution in [-0.2, 0) is 6.54 Å². The minimum atomic E-state index is 0. The molecule has 0 saturated heterocycles. The van der Waals surface area contributed by atoms with E-state index in [1.165, 1.54) is 5.56 Å². The van der Waals surface area contributed by atoms with Gasteiger partial charge < -0.3 is 10.0 Å². The lowest BCUT2D eigenvalue weighted by Gasteiger charge is -2.08. The summed E-state index contributed by atoms with van der Waals surface area (Å²) in [6.07, 6.45) is 0. The molecule has 0 unspecified atom stereocenters. The second-order valence-corrected chi connectivity index (χ2v) is 2.90. The van der Waals surface area contributed by atoms with E-state index in [0.717, 1.165) is 6.54 Å². The second kappa shape index (κ2) is 5.01. The number of phenolic OH excluding ortho intramolecular Hbond substituents is 1. The molecule has 0 saturated carbocycles. The van der Waals surface area contributed by atoms with Gasteiger partial charge in [0.15, 0.2) is 0 Å². The van der Waals surface area contributed by atoms with Crippen molar-refractivity contribution in [2.75, 3.05) is 14.1 Å². The summed E-state index contributed by atoms with van der Waals surface area (Å²) in [4.78, 5) is 2.09. The van der Waals surface area contributed by atoms with Crippen molar-refractivity contribution in [2.24, 2.45) is 0 Å². The van der Waals surface area contributed by atoms with Crippen LogP contribution in [0, 0.1) is 0 Å². The lowest BCUT2D eigenvalue weighted by atomic mass is 10.2. The third-order valence-corrected chi connectivity index (χ3v) is 1.44. The number of aromatic hydroxyl groups is 1. The Bertz CT molecular complexity index is 220. The summed E-state index contributed by atoms with van der Waals surface area (Å²) >= 11 is 0. The number of phenols is 1. The third-order valence-electron chi connectivity index (χ3n) is 1.44. The van der Waals surface area contributed by atoms with E-state index < -0.39 is 0 Å². The summed E-state index contributed by atoms with van der Waals surface area (Å²) in [7, 11) is 4.04. The Morgan fingerprint density at radius 2 is 1.67 bits per heavy atom. The molecule has 1 rings (SSSR count). The summed E-state index contributed by atoms with van der Waals surface area (Å²) < 4.78 is 0. The standard InChI is InChI=1S/C9H13NO.ClH/c1-10(2)7-8-3-5-9(11)6-4-8;/h3-6,11H,7H2,1-2H3;1H. The predicted octanol–water partition coefficient (Wildman–Crippen LogP) is 1.88. The first kappa shape index (κ1) is 11.3. The van der Waals surface area contributed by atoms with Crippen molar-refractivity contribution in [3.63, 3.8) is 0 Å². The van der Waals surface area contributed by atoms with E-state index in [9.17, 15) is 0 Å². The van der Waals surface area contributed by atoms with Crippen LogP contribution in [0.2, 0.25) is 0 Å². The molecule has 1 aromatic carbocycles. The SMILES string of the molecule is CN(C)Cc1ccc(O)cc1.Cl. The highest BCUT2D eigenvalue weighted by Crippen LogP contribution is 2.10. The van der Waals surface area contributed by atoms with E-state index in [4.69, 9.17) is 5.11 Å². The molecule has 0 aliphatic heterocycles. The highest BCUT2D eigenvalue weighted by atomic mass is 35.5. The van der Waals surface area contributed by atoms with Crippen LogP contribution >= 0.6 is 12.4 Å². The molecule has 12 heavy (non-hydrogen) atoms. The first-order valence-electron chi connectivity index (χ1n) is 3.61. The van der Waals surface area contributed by atoms with Crippen molar-refractivity contribution in [3.05, 3.63) is 29.8 Å². The Kier molecular flexibility index (Phi) is 4.71. The van der Waals surface area contributed by atoms with Crippen LogP contribution in [0.15, 0.2) is 24.3 Å². The van der Waals surface area contributed by atoms with Crippen LogP contribution in [0.4, 0.5) is 0 Å². The van der Waals surface area contributed by atoms with Gasteiger partial charge in [0.2, 0.25) is 0 Å². The van der Waals surface area contributed by atoms with Gasteiger partial charge in [-0.3, -0.25) is 0 Å². The molecule has 0 fully saturated rings. The van der Waals surface area contributed by atoms with Crippen LogP contribution in [0.1, 0.15) is 5.56 Å². The molecule has 0 atom stereocenters. The van der Waals surface area contributed by atoms with E-state index in [2.05, 4.69) is 4.90 Å². The summed E-state index contributed by atoms with van der Waals surface area (Å²) in [6, 6.07) is 7.27. The maximum absolute atomic E-state index is 8.98. The van der Waals surface area contributed by atoms with Gasteiger partial charge in [-0.2, -0.15) is 0 Å². The Morgan fingerprint density at radius 1 is 1.17 bits per heavy atom. The first-order valence-corrected chi connectivity index (χ1v) is 3.61. The zero-order valence-electron chi connectivity index (χ0n) is 7.32. The second-order valence-electron chi connectivity index (χ2n) is 2.90. The molecule has 1 aromatic rings.